The molecule has 0 unspecified atom stereocenters. The van der Waals surface area contributed by atoms with Gasteiger partial charge in [-0.25, -0.2) is 0 Å². The molecule has 132 valence electrons. The van der Waals surface area contributed by atoms with E-state index in [1.807, 2.05) is 20.8 Å². The number of hydrogen-bond donors (Lipinski definition) is 3. The first-order valence-electron chi connectivity index (χ1n) is 8.75. The minimum atomic E-state index is -1.19. The van der Waals surface area contributed by atoms with Crippen LogP contribution in [0.15, 0.2) is 34.9 Å². The van der Waals surface area contributed by atoms with Crippen LogP contribution in [0, 0.1) is 5.92 Å². The van der Waals surface area contributed by atoms with Gasteiger partial charge in [-0.3, -0.25) is 0 Å². The molecule has 0 aromatic rings. The fourth-order valence-corrected chi connectivity index (χ4v) is 2.96. The summed E-state index contributed by atoms with van der Waals surface area (Å²) in [5, 5.41) is 31.5. The molecule has 3 heteroatoms. The molecule has 0 aromatic carbocycles. The van der Waals surface area contributed by atoms with Crippen molar-refractivity contribution in [3.8, 4) is 0 Å². The molecule has 1 aliphatic carbocycles. The lowest BCUT2D eigenvalue weighted by atomic mass is 9.86. The van der Waals surface area contributed by atoms with E-state index in [0.29, 0.717) is 12.8 Å². The number of aliphatic hydroxyl groups excluding tert-OH is 2. The lowest BCUT2D eigenvalue weighted by molar-refractivity contribution is -0.0437. The number of hydrogen-bond acceptors (Lipinski definition) is 3. The quantitative estimate of drug-likeness (QED) is 0.642. The van der Waals surface area contributed by atoms with Crippen LogP contribution < -0.4 is 0 Å². The third-order valence-corrected chi connectivity index (χ3v) is 4.73. The lowest BCUT2D eigenvalue weighted by Gasteiger charge is -2.29. The van der Waals surface area contributed by atoms with E-state index in [9.17, 15) is 15.3 Å². The zero-order chi connectivity index (χ0) is 17.6. The molecule has 0 heterocycles. The van der Waals surface area contributed by atoms with Crippen LogP contribution in [0.25, 0.3) is 0 Å². The van der Waals surface area contributed by atoms with Crippen LogP contribution in [0.4, 0.5) is 0 Å². The highest BCUT2D eigenvalue weighted by molar-refractivity contribution is 5.19. The van der Waals surface area contributed by atoms with Crippen LogP contribution in [0.5, 0.6) is 0 Å². The van der Waals surface area contributed by atoms with Crippen molar-refractivity contribution in [3.05, 3.63) is 34.9 Å². The summed E-state index contributed by atoms with van der Waals surface area (Å²) >= 11 is 0. The van der Waals surface area contributed by atoms with Crippen molar-refractivity contribution in [2.75, 3.05) is 0 Å². The Bertz CT molecular complexity index is 469. The average Bonchev–Trinajstić information content (AvgIpc) is 2.42. The molecular weight excluding hydrogens is 288 g/mol. The molecule has 0 spiro atoms. The normalized spacial score (nSPS) is 38.7. The average molecular weight is 322 g/mol. The van der Waals surface area contributed by atoms with Crippen molar-refractivity contribution in [2.45, 2.75) is 84.5 Å². The van der Waals surface area contributed by atoms with Gasteiger partial charge in [-0.2, -0.15) is 0 Å². The first kappa shape index (κ1) is 20.1. The standard InChI is InChI=1S/C20H34O3/c1-14(2)17-13-19(22)20(5,23)11-7-10-15(3)8-6-9-16(4)12-18(17)21/h9-10,13-14,18-19,21-23H,6-8,11-12H2,1-5H3/b15-10+,16-9+,17-13-/t18-,19+,20-/m0/s1. The molecule has 0 bridgehead atoms. The molecule has 0 aliphatic heterocycles. The summed E-state index contributed by atoms with van der Waals surface area (Å²) in [6, 6.07) is 0. The molecular formula is C20H34O3. The Morgan fingerprint density at radius 2 is 1.70 bits per heavy atom. The second kappa shape index (κ2) is 8.81. The summed E-state index contributed by atoms with van der Waals surface area (Å²) in [5.74, 6) is 0.123. The fourth-order valence-electron chi connectivity index (χ4n) is 2.96. The monoisotopic (exact) mass is 322 g/mol. The maximum absolute atomic E-state index is 10.6. The van der Waals surface area contributed by atoms with Crippen LogP contribution in [0.3, 0.4) is 0 Å². The van der Waals surface area contributed by atoms with Gasteiger partial charge in [-0.05, 0) is 64.4 Å². The second-order valence-electron chi connectivity index (χ2n) is 7.52. The fraction of sp³-hybridized carbons (Fsp3) is 0.700. The molecule has 0 radical (unpaired) electrons. The third-order valence-electron chi connectivity index (χ3n) is 4.73. The first-order chi connectivity index (χ1) is 10.6. The molecule has 1 rings (SSSR count). The predicted molar refractivity (Wildman–Crippen MR) is 96.2 cm³/mol. The second-order valence-corrected chi connectivity index (χ2v) is 7.52. The number of allylic oxidation sites excluding steroid dienone is 3. The van der Waals surface area contributed by atoms with E-state index in [-0.39, 0.29) is 5.92 Å². The van der Waals surface area contributed by atoms with Crippen molar-refractivity contribution in [2.24, 2.45) is 5.92 Å². The molecule has 23 heavy (non-hydrogen) atoms. The third kappa shape index (κ3) is 6.62. The molecule has 0 saturated heterocycles. The summed E-state index contributed by atoms with van der Waals surface area (Å²) in [6.45, 7) is 9.82. The molecule has 0 saturated carbocycles. The molecule has 0 amide bonds. The van der Waals surface area contributed by atoms with Crippen LogP contribution in [0.1, 0.15) is 66.7 Å². The van der Waals surface area contributed by atoms with Gasteiger partial charge in [-0.1, -0.05) is 43.2 Å². The van der Waals surface area contributed by atoms with E-state index in [0.717, 1.165) is 30.4 Å². The van der Waals surface area contributed by atoms with Crippen LogP contribution >= 0.6 is 0 Å². The zero-order valence-corrected chi connectivity index (χ0v) is 15.3. The SMILES string of the molecule is C/C1=C\CC[C@](C)(O)[C@H](O)/C=C(/C(C)C)[C@@H](O)C/C(C)=C/CC1. The Morgan fingerprint density at radius 1 is 1.09 bits per heavy atom. The Balaban J connectivity index is 3.12. The molecule has 3 atom stereocenters. The summed E-state index contributed by atoms with van der Waals surface area (Å²) in [4.78, 5) is 0. The predicted octanol–water partition coefficient (Wildman–Crippen LogP) is 3.90. The van der Waals surface area contributed by atoms with Crippen molar-refractivity contribution >= 4 is 0 Å². The largest absolute Gasteiger partial charge is 0.388 e. The van der Waals surface area contributed by atoms with Crippen molar-refractivity contribution in [3.63, 3.8) is 0 Å². The Labute approximate surface area is 141 Å². The molecule has 1 aliphatic rings. The van der Waals surface area contributed by atoms with E-state index in [4.69, 9.17) is 0 Å². The van der Waals surface area contributed by atoms with Crippen molar-refractivity contribution in [1.29, 1.82) is 0 Å². The van der Waals surface area contributed by atoms with Crippen LogP contribution in [-0.4, -0.2) is 33.1 Å². The molecule has 3 nitrogen and oxygen atoms in total. The Kier molecular flexibility index (Phi) is 7.72. The zero-order valence-electron chi connectivity index (χ0n) is 15.3. The van der Waals surface area contributed by atoms with E-state index in [2.05, 4.69) is 19.1 Å². The van der Waals surface area contributed by atoms with E-state index in [1.165, 1.54) is 5.57 Å². The minimum absolute atomic E-state index is 0.123. The summed E-state index contributed by atoms with van der Waals surface area (Å²) < 4.78 is 0. The van der Waals surface area contributed by atoms with Gasteiger partial charge in [0.2, 0.25) is 0 Å². The van der Waals surface area contributed by atoms with Gasteiger partial charge in [0.05, 0.1) is 11.7 Å². The molecule has 0 fully saturated rings. The van der Waals surface area contributed by atoms with E-state index >= 15 is 0 Å². The van der Waals surface area contributed by atoms with Crippen LogP contribution in [0.2, 0.25) is 0 Å². The summed E-state index contributed by atoms with van der Waals surface area (Å²) in [5.41, 5.74) is 2.07. The Morgan fingerprint density at radius 3 is 2.30 bits per heavy atom. The minimum Gasteiger partial charge on any atom is -0.388 e. The van der Waals surface area contributed by atoms with Crippen molar-refractivity contribution < 1.29 is 15.3 Å². The first-order valence-corrected chi connectivity index (χ1v) is 8.75. The van der Waals surface area contributed by atoms with Gasteiger partial charge in [0.15, 0.2) is 0 Å². The van der Waals surface area contributed by atoms with E-state index in [1.54, 1.807) is 13.0 Å². The summed E-state index contributed by atoms with van der Waals surface area (Å²) in [7, 11) is 0. The maximum atomic E-state index is 10.6. The van der Waals surface area contributed by atoms with Gasteiger partial charge in [0.1, 0.15) is 6.10 Å². The van der Waals surface area contributed by atoms with E-state index < -0.39 is 17.8 Å². The maximum Gasteiger partial charge on any atom is 0.101 e. The van der Waals surface area contributed by atoms with Gasteiger partial charge >= 0.3 is 0 Å². The summed E-state index contributed by atoms with van der Waals surface area (Å²) in [6.07, 6.45) is 8.18. The highest BCUT2D eigenvalue weighted by atomic mass is 16.3. The van der Waals surface area contributed by atoms with Gasteiger partial charge in [0, 0.05) is 0 Å². The van der Waals surface area contributed by atoms with Crippen LogP contribution in [-0.2, 0) is 0 Å². The molecule has 3 N–H and O–H groups in total. The van der Waals surface area contributed by atoms with Gasteiger partial charge in [0.25, 0.3) is 0 Å². The highest BCUT2D eigenvalue weighted by Gasteiger charge is 2.29. The van der Waals surface area contributed by atoms with Crippen molar-refractivity contribution in [1.82, 2.24) is 0 Å². The number of rotatable bonds is 1. The van der Waals surface area contributed by atoms with Gasteiger partial charge in [-0.15, -0.1) is 0 Å². The highest BCUT2D eigenvalue weighted by Crippen LogP contribution is 2.26. The lowest BCUT2D eigenvalue weighted by Crippen LogP contribution is -2.38. The smallest absolute Gasteiger partial charge is 0.101 e. The number of aliphatic hydroxyl groups is 3. The topological polar surface area (TPSA) is 60.7 Å². The Hall–Kier alpha value is -0.900. The molecule has 0 aromatic heterocycles. The van der Waals surface area contributed by atoms with Gasteiger partial charge < -0.3 is 15.3 Å².